The second kappa shape index (κ2) is 2.47. The van der Waals surface area contributed by atoms with Crippen LogP contribution in [0, 0.1) is 5.92 Å². The Kier molecular flexibility index (Phi) is 1.56. The van der Waals surface area contributed by atoms with Gasteiger partial charge in [0.05, 0.1) is 0 Å². The first-order valence-electron chi connectivity index (χ1n) is 4.40. The normalized spacial score (nSPS) is 28.3. The summed E-state index contributed by atoms with van der Waals surface area (Å²) in [6.07, 6.45) is 3.72. The first-order chi connectivity index (χ1) is 5.68. The van der Waals surface area contributed by atoms with Crippen LogP contribution in [0.25, 0.3) is 0 Å². The van der Waals surface area contributed by atoms with Gasteiger partial charge in [-0.3, -0.25) is 4.79 Å². The minimum Gasteiger partial charge on any atom is -0.362 e. The van der Waals surface area contributed by atoms with Gasteiger partial charge >= 0.3 is 0 Å². The highest BCUT2D eigenvalue weighted by Crippen LogP contribution is 2.31. The summed E-state index contributed by atoms with van der Waals surface area (Å²) in [4.78, 5) is 11.4. The number of allylic oxidation sites excluding steroid dienone is 4. The van der Waals surface area contributed by atoms with Crippen molar-refractivity contribution in [2.24, 2.45) is 5.92 Å². The first kappa shape index (κ1) is 7.59. The fourth-order valence-corrected chi connectivity index (χ4v) is 2.07. The zero-order chi connectivity index (χ0) is 8.72. The van der Waals surface area contributed by atoms with E-state index in [1.807, 2.05) is 6.92 Å². The van der Waals surface area contributed by atoms with E-state index in [2.05, 4.69) is 18.3 Å². The first-order valence-corrected chi connectivity index (χ1v) is 4.40. The molecule has 0 aromatic carbocycles. The number of nitrogens with one attached hydrogen (secondary N) is 1. The van der Waals surface area contributed by atoms with E-state index in [0.29, 0.717) is 18.1 Å². The fraction of sp³-hybridized carbons (Fsp3) is 0.500. The Hall–Kier alpha value is -1.05. The summed E-state index contributed by atoms with van der Waals surface area (Å²) in [5.41, 5.74) is 3.35. The van der Waals surface area contributed by atoms with E-state index in [1.165, 1.54) is 5.70 Å². The highest BCUT2D eigenvalue weighted by atomic mass is 16.1. The van der Waals surface area contributed by atoms with Gasteiger partial charge in [0.25, 0.3) is 0 Å². The second-order valence-corrected chi connectivity index (χ2v) is 3.58. The van der Waals surface area contributed by atoms with E-state index >= 15 is 0 Å². The molecular weight excluding hydrogens is 150 g/mol. The molecule has 2 nitrogen and oxygen atoms in total. The average Bonchev–Trinajstić information content (AvgIpc) is 2.31. The van der Waals surface area contributed by atoms with Gasteiger partial charge in [0.1, 0.15) is 0 Å². The molecular formula is C10H13NO. The minimum absolute atomic E-state index is 0.316. The van der Waals surface area contributed by atoms with Crippen LogP contribution in [0.2, 0.25) is 0 Å². The Balaban J connectivity index is 2.36. The van der Waals surface area contributed by atoms with Crippen molar-refractivity contribution in [2.75, 3.05) is 0 Å². The Labute approximate surface area is 72.3 Å². The molecule has 1 N–H and O–H groups in total. The molecule has 1 atom stereocenters. The molecule has 12 heavy (non-hydrogen) atoms. The minimum atomic E-state index is 0.316. The summed E-state index contributed by atoms with van der Waals surface area (Å²) in [7, 11) is 0. The Morgan fingerprint density at radius 1 is 1.50 bits per heavy atom. The molecule has 2 rings (SSSR count). The highest BCUT2D eigenvalue weighted by Gasteiger charge is 2.28. The zero-order valence-corrected chi connectivity index (χ0v) is 7.48. The number of rotatable bonds is 0. The average molecular weight is 163 g/mol. The van der Waals surface area contributed by atoms with Crippen molar-refractivity contribution in [3.63, 3.8) is 0 Å². The lowest BCUT2D eigenvalue weighted by molar-refractivity contribution is -0.115. The van der Waals surface area contributed by atoms with Gasteiger partial charge in [0.2, 0.25) is 0 Å². The fourth-order valence-electron chi connectivity index (χ4n) is 2.07. The van der Waals surface area contributed by atoms with Crippen LogP contribution < -0.4 is 5.32 Å². The molecule has 0 saturated carbocycles. The van der Waals surface area contributed by atoms with Crippen LogP contribution in [0.1, 0.15) is 26.7 Å². The van der Waals surface area contributed by atoms with Gasteiger partial charge < -0.3 is 5.32 Å². The van der Waals surface area contributed by atoms with E-state index in [9.17, 15) is 4.79 Å². The van der Waals surface area contributed by atoms with E-state index in [-0.39, 0.29) is 0 Å². The largest absolute Gasteiger partial charge is 0.362 e. The van der Waals surface area contributed by atoms with Crippen LogP contribution in [0.3, 0.4) is 0 Å². The molecule has 64 valence electrons. The summed E-state index contributed by atoms with van der Waals surface area (Å²) >= 11 is 0. The van der Waals surface area contributed by atoms with Gasteiger partial charge in [-0.1, -0.05) is 13.0 Å². The molecule has 1 aliphatic heterocycles. The number of ketones is 1. The number of dihydropyridines is 1. The highest BCUT2D eigenvalue weighted by molar-refractivity contribution is 5.99. The van der Waals surface area contributed by atoms with Crippen molar-refractivity contribution in [1.29, 1.82) is 0 Å². The molecule has 2 aliphatic rings. The lowest BCUT2D eigenvalue weighted by atomic mass is 9.95. The number of hydrogen-bond donors (Lipinski definition) is 1. The van der Waals surface area contributed by atoms with Crippen LogP contribution in [-0.2, 0) is 4.79 Å². The van der Waals surface area contributed by atoms with Crippen molar-refractivity contribution in [2.45, 2.75) is 26.7 Å². The van der Waals surface area contributed by atoms with Crippen LogP contribution in [0.15, 0.2) is 23.0 Å². The van der Waals surface area contributed by atoms with Gasteiger partial charge in [-0.15, -0.1) is 0 Å². The summed E-state index contributed by atoms with van der Waals surface area (Å²) in [5.74, 6) is 0.644. The maximum absolute atomic E-state index is 11.4. The number of hydrogen-bond acceptors (Lipinski definition) is 2. The number of carbonyl (C=O) groups is 1. The third-order valence-electron chi connectivity index (χ3n) is 2.53. The van der Waals surface area contributed by atoms with Crippen LogP contribution >= 0.6 is 0 Å². The molecule has 2 heteroatoms. The maximum Gasteiger partial charge on any atom is 0.161 e. The summed E-state index contributed by atoms with van der Waals surface area (Å²) in [6, 6.07) is 0. The zero-order valence-electron chi connectivity index (χ0n) is 7.48. The molecule has 1 unspecified atom stereocenters. The molecule has 1 heterocycles. The number of carbonyl (C=O) groups excluding carboxylic acids is 1. The van der Waals surface area contributed by atoms with Gasteiger partial charge in [-0.25, -0.2) is 0 Å². The lowest BCUT2D eigenvalue weighted by Gasteiger charge is -2.19. The van der Waals surface area contributed by atoms with E-state index < -0.39 is 0 Å². The molecule has 0 aromatic rings. The van der Waals surface area contributed by atoms with E-state index in [1.54, 1.807) is 0 Å². The van der Waals surface area contributed by atoms with Crippen molar-refractivity contribution in [1.82, 2.24) is 5.32 Å². The van der Waals surface area contributed by atoms with E-state index in [0.717, 1.165) is 17.7 Å². The van der Waals surface area contributed by atoms with Gasteiger partial charge in [-0.2, -0.15) is 0 Å². The Bertz CT molecular complexity index is 299. The summed E-state index contributed by atoms with van der Waals surface area (Å²) in [6.45, 7) is 4.13. The smallest absolute Gasteiger partial charge is 0.161 e. The van der Waals surface area contributed by atoms with Crippen LogP contribution in [0.4, 0.5) is 0 Å². The van der Waals surface area contributed by atoms with Crippen LogP contribution in [-0.4, -0.2) is 5.78 Å². The third kappa shape index (κ3) is 0.986. The SMILES string of the molecule is CC1=CC(C)C2=C(CCC2=O)N1. The van der Waals surface area contributed by atoms with Gasteiger partial charge in [-0.05, 0) is 13.3 Å². The molecule has 0 aromatic heterocycles. The molecule has 1 aliphatic carbocycles. The Morgan fingerprint density at radius 3 is 3.00 bits per heavy atom. The standard InChI is InChI=1S/C10H13NO/c1-6-5-7(2)11-8-3-4-9(12)10(6)8/h5-6,11H,3-4H2,1-2H3. The molecule has 0 spiro atoms. The van der Waals surface area contributed by atoms with Crippen molar-refractivity contribution in [3.8, 4) is 0 Å². The molecule has 0 saturated heterocycles. The quantitative estimate of drug-likeness (QED) is 0.589. The van der Waals surface area contributed by atoms with Crippen LogP contribution in [0.5, 0.6) is 0 Å². The molecule has 0 radical (unpaired) electrons. The molecule has 0 amide bonds. The van der Waals surface area contributed by atoms with Crippen molar-refractivity contribution < 1.29 is 4.79 Å². The summed E-state index contributed by atoms with van der Waals surface area (Å²) in [5, 5.41) is 3.26. The summed E-state index contributed by atoms with van der Waals surface area (Å²) < 4.78 is 0. The molecule has 0 fully saturated rings. The van der Waals surface area contributed by atoms with Gasteiger partial charge in [0, 0.05) is 29.3 Å². The van der Waals surface area contributed by atoms with Crippen molar-refractivity contribution >= 4 is 5.78 Å². The van der Waals surface area contributed by atoms with E-state index in [4.69, 9.17) is 0 Å². The Morgan fingerprint density at radius 2 is 2.25 bits per heavy atom. The third-order valence-corrected chi connectivity index (χ3v) is 2.53. The lowest BCUT2D eigenvalue weighted by Crippen LogP contribution is -2.20. The maximum atomic E-state index is 11.4. The number of Topliss-reactive ketones (excluding diaryl/α,β-unsaturated/α-hetero) is 1. The predicted molar refractivity (Wildman–Crippen MR) is 47.3 cm³/mol. The topological polar surface area (TPSA) is 29.1 Å². The second-order valence-electron chi connectivity index (χ2n) is 3.58. The monoisotopic (exact) mass is 163 g/mol. The van der Waals surface area contributed by atoms with Crippen molar-refractivity contribution in [3.05, 3.63) is 23.0 Å². The van der Waals surface area contributed by atoms with Gasteiger partial charge in [0.15, 0.2) is 5.78 Å². The predicted octanol–water partition coefficient (Wildman–Crippen LogP) is 1.75. The molecule has 0 bridgehead atoms.